The Hall–Kier alpha value is -1.74. The molecular weight excluding hydrogens is 256 g/mol. The minimum absolute atomic E-state index is 0.0526. The van der Waals surface area contributed by atoms with Crippen LogP contribution in [0.1, 0.15) is 25.0 Å². The highest BCUT2D eigenvalue weighted by Gasteiger charge is 2.14. The quantitative estimate of drug-likeness (QED) is 0.870. The fourth-order valence-electron chi connectivity index (χ4n) is 2.15. The van der Waals surface area contributed by atoms with Crippen LogP contribution < -0.4 is 5.32 Å². The van der Waals surface area contributed by atoms with E-state index in [0.29, 0.717) is 18.2 Å². The van der Waals surface area contributed by atoms with Gasteiger partial charge >= 0.3 is 0 Å². The van der Waals surface area contributed by atoms with Crippen molar-refractivity contribution in [3.8, 4) is 11.1 Å². The Labute approximate surface area is 118 Å². The average Bonchev–Trinajstić information content (AvgIpc) is 2.37. The van der Waals surface area contributed by atoms with Gasteiger partial charge in [0.05, 0.1) is 5.56 Å². The van der Waals surface area contributed by atoms with E-state index in [1.807, 2.05) is 39.0 Å². The van der Waals surface area contributed by atoms with Crippen LogP contribution in [0.4, 0.5) is 8.78 Å². The summed E-state index contributed by atoms with van der Waals surface area (Å²) in [4.78, 5) is 0. The van der Waals surface area contributed by atoms with E-state index in [4.69, 9.17) is 0 Å². The highest BCUT2D eigenvalue weighted by molar-refractivity contribution is 5.69. The van der Waals surface area contributed by atoms with Crippen molar-refractivity contribution in [1.29, 1.82) is 0 Å². The molecule has 3 heteroatoms. The summed E-state index contributed by atoms with van der Waals surface area (Å²) in [6, 6.07) is 10.00. The van der Waals surface area contributed by atoms with Gasteiger partial charge in [-0.2, -0.15) is 0 Å². The number of halogens is 2. The lowest BCUT2D eigenvalue weighted by atomic mass is 9.96. The van der Waals surface area contributed by atoms with Crippen molar-refractivity contribution in [1.82, 2.24) is 5.32 Å². The molecule has 0 heterocycles. The average molecular weight is 275 g/mol. The molecule has 0 aliphatic rings. The van der Waals surface area contributed by atoms with Gasteiger partial charge in [0.15, 0.2) is 0 Å². The van der Waals surface area contributed by atoms with Crippen LogP contribution in [0.5, 0.6) is 0 Å². The molecule has 0 atom stereocenters. The number of aryl methyl sites for hydroxylation is 1. The highest BCUT2D eigenvalue weighted by atomic mass is 19.1. The number of benzene rings is 2. The maximum absolute atomic E-state index is 14.0. The molecule has 20 heavy (non-hydrogen) atoms. The Balaban J connectivity index is 2.51. The number of hydrogen-bond acceptors (Lipinski definition) is 1. The molecule has 0 unspecified atom stereocenters. The second kappa shape index (κ2) is 6.14. The van der Waals surface area contributed by atoms with Crippen LogP contribution in [0, 0.1) is 18.6 Å². The van der Waals surface area contributed by atoms with Gasteiger partial charge in [-0.25, -0.2) is 8.78 Å². The molecule has 0 spiro atoms. The Kier molecular flexibility index (Phi) is 4.50. The summed E-state index contributed by atoms with van der Waals surface area (Å²) in [6.07, 6.45) is 0. The van der Waals surface area contributed by atoms with Crippen molar-refractivity contribution in [3.05, 3.63) is 59.2 Å². The summed E-state index contributed by atoms with van der Waals surface area (Å²) in [5.41, 5.74) is 2.55. The first-order chi connectivity index (χ1) is 9.49. The lowest BCUT2D eigenvalue weighted by Gasteiger charge is -2.15. The molecular formula is C17H19F2N. The Morgan fingerprint density at radius 1 is 1.05 bits per heavy atom. The van der Waals surface area contributed by atoms with E-state index in [0.717, 1.165) is 11.1 Å². The first kappa shape index (κ1) is 14.7. The van der Waals surface area contributed by atoms with E-state index < -0.39 is 11.6 Å². The molecule has 1 N–H and O–H groups in total. The lowest BCUT2D eigenvalue weighted by Crippen LogP contribution is -2.22. The molecule has 0 aromatic heterocycles. The van der Waals surface area contributed by atoms with Crippen molar-refractivity contribution in [2.45, 2.75) is 33.4 Å². The summed E-state index contributed by atoms with van der Waals surface area (Å²) < 4.78 is 28.0. The normalized spacial score (nSPS) is 11.1. The van der Waals surface area contributed by atoms with Gasteiger partial charge < -0.3 is 5.32 Å². The van der Waals surface area contributed by atoms with Crippen molar-refractivity contribution in [2.75, 3.05) is 0 Å². The fraction of sp³-hybridized carbons (Fsp3) is 0.294. The molecule has 0 aliphatic carbocycles. The van der Waals surface area contributed by atoms with E-state index in [1.54, 1.807) is 0 Å². The molecule has 2 aromatic rings. The van der Waals surface area contributed by atoms with Gasteiger partial charge in [-0.05, 0) is 30.2 Å². The van der Waals surface area contributed by atoms with Gasteiger partial charge in [0, 0.05) is 12.6 Å². The van der Waals surface area contributed by atoms with Crippen molar-refractivity contribution < 1.29 is 8.78 Å². The first-order valence-corrected chi connectivity index (χ1v) is 6.76. The molecule has 2 rings (SSSR count). The van der Waals surface area contributed by atoms with Crippen LogP contribution in [-0.4, -0.2) is 6.04 Å². The summed E-state index contributed by atoms with van der Waals surface area (Å²) in [5, 5.41) is 3.29. The van der Waals surface area contributed by atoms with Crippen LogP contribution in [0.2, 0.25) is 0 Å². The van der Waals surface area contributed by atoms with E-state index in [-0.39, 0.29) is 5.56 Å². The number of rotatable bonds is 4. The minimum atomic E-state index is -0.526. The Morgan fingerprint density at radius 3 is 2.30 bits per heavy atom. The molecule has 0 radical (unpaired) electrons. The largest absolute Gasteiger partial charge is 0.310 e. The smallest absolute Gasteiger partial charge is 0.133 e. The van der Waals surface area contributed by atoms with Gasteiger partial charge in [0.1, 0.15) is 11.6 Å². The van der Waals surface area contributed by atoms with Crippen LogP contribution in [0.3, 0.4) is 0 Å². The van der Waals surface area contributed by atoms with Crippen LogP contribution in [0.15, 0.2) is 36.4 Å². The van der Waals surface area contributed by atoms with Crippen molar-refractivity contribution in [3.63, 3.8) is 0 Å². The zero-order chi connectivity index (χ0) is 14.7. The van der Waals surface area contributed by atoms with Gasteiger partial charge in [-0.3, -0.25) is 0 Å². The van der Waals surface area contributed by atoms with E-state index >= 15 is 0 Å². The van der Waals surface area contributed by atoms with Gasteiger partial charge in [0.2, 0.25) is 0 Å². The molecule has 0 fully saturated rings. The standard InChI is InChI=1S/C17H19F2N/c1-11(2)20-10-13-8-7-12(3)9-14(13)17-15(18)5-4-6-16(17)19/h4-9,11,20H,10H2,1-3H3. The maximum Gasteiger partial charge on any atom is 0.133 e. The second-order valence-corrected chi connectivity index (χ2v) is 5.29. The zero-order valence-corrected chi connectivity index (χ0v) is 12.0. The third kappa shape index (κ3) is 3.23. The molecule has 0 aliphatic heterocycles. The van der Waals surface area contributed by atoms with E-state index in [2.05, 4.69) is 5.32 Å². The monoisotopic (exact) mass is 275 g/mol. The molecule has 106 valence electrons. The molecule has 2 aromatic carbocycles. The summed E-state index contributed by atoms with van der Waals surface area (Å²) in [5.74, 6) is -1.05. The number of nitrogens with one attached hydrogen (secondary N) is 1. The van der Waals surface area contributed by atoms with Gasteiger partial charge in [0.25, 0.3) is 0 Å². The van der Waals surface area contributed by atoms with Crippen molar-refractivity contribution in [2.24, 2.45) is 0 Å². The summed E-state index contributed by atoms with van der Waals surface area (Å²) in [7, 11) is 0. The first-order valence-electron chi connectivity index (χ1n) is 6.76. The minimum Gasteiger partial charge on any atom is -0.310 e. The van der Waals surface area contributed by atoms with Crippen LogP contribution >= 0.6 is 0 Å². The maximum atomic E-state index is 14.0. The molecule has 1 nitrogen and oxygen atoms in total. The lowest BCUT2D eigenvalue weighted by molar-refractivity contribution is 0.582. The molecule has 0 bridgehead atoms. The second-order valence-electron chi connectivity index (χ2n) is 5.29. The van der Waals surface area contributed by atoms with Gasteiger partial charge in [-0.1, -0.05) is 43.7 Å². The third-order valence-corrected chi connectivity index (χ3v) is 3.20. The SMILES string of the molecule is Cc1ccc(CNC(C)C)c(-c2c(F)cccc2F)c1. The molecule has 0 amide bonds. The van der Waals surface area contributed by atoms with Crippen LogP contribution in [-0.2, 0) is 6.54 Å². The third-order valence-electron chi connectivity index (χ3n) is 3.20. The van der Waals surface area contributed by atoms with Gasteiger partial charge in [-0.15, -0.1) is 0 Å². The summed E-state index contributed by atoms with van der Waals surface area (Å²) in [6.45, 7) is 6.58. The van der Waals surface area contributed by atoms with Crippen molar-refractivity contribution >= 4 is 0 Å². The van der Waals surface area contributed by atoms with Crippen LogP contribution in [0.25, 0.3) is 11.1 Å². The predicted octanol–water partition coefficient (Wildman–Crippen LogP) is 4.44. The van der Waals surface area contributed by atoms with E-state index in [1.165, 1.54) is 18.2 Å². The topological polar surface area (TPSA) is 12.0 Å². The Morgan fingerprint density at radius 2 is 1.70 bits per heavy atom. The number of hydrogen-bond donors (Lipinski definition) is 1. The Bertz CT molecular complexity index is 586. The molecule has 0 saturated heterocycles. The predicted molar refractivity (Wildman–Crippen MR) is 78.5 cm³/mol. The summed E-state index contributed by atoms with van der Waals surface area (Å²) >= 11 is 0. The zero-order valence-electron chi connectivity index (χ0n) is 12.0. The highest BCUT2D eigenvalue weighted by Crippen LogP contribution is 2.30. The fourth-order valence-corrected chi connectivity index (χ4v) is 2.15. The van der Waals surface area contributed by atoms with E-state index in [9.17, 15) is 8.78 Å². The molecule has 0 saturated carbocycles.